The molecule has 1 aromatic carbocycles. The topological polar surface area (TPSA) is 81.2 Å². The predicted octanol–water partition coefficient (Wildman–Crippen LogP) is 0.695. The van der Waals surface area contributed by atoms with Crippen molar-refractivity contribution >= 4 is 32.4 Å². The molecule has 0 saturated carbocycles. The lowest BCUT2D eigenvalue weighted by Gasteiger charge is -2.16. The standard InChI is InChI=1S/C11H14N4O2S/c1-14-10-4-3-8(7-9(10)11(12)13-14)15-5-2-6-18(15,16)17/h3-4,7H,2,5-6H2,1H3,(H2,12,13). The second-order valence-corrected chi connectivity index (χ2v) is 6.46. The summed E-state index contributed by atoms with van der Waals surface area (Å²) in [6.07, 6.45) is 0.670. The molecule has 1 aromatic heterocycles. The van der Waals surface area contributed by atoms with Crippen molar-refractivity contribution in [3.63, 3.8) is 0 Å². The number of nitrogen functional groups attached to an aromatic ring is 1. The fourth-order valence-electron chi connectivity index (χ4n) is 2.37. The highest BCUT2D eigenvalue weighted by Gasteiger charge is 2.28. The maximum Gasteiger partial charge on any atom is 0.235 e. The van der Waals surface area contributed by atoms with Gasteiger partial charge >= 0.3 is 0 Å². The van der Waals surface area contributed by atoms with Crippen LogP contribution >= 0.6 is 0 Å². The highest BCUT2D eigenvalue weighted by atomic mass is 32.2. The van der Waals surface area contributed by atoms with Crippen molar-refractivity contribution in [1.29, 1.82) is 0 Å². The molecular weight excluding hydrogens is 252 g/mol. The number of rotatable bonds is 1. The number of aryl methyl sites for hydroxylation is 1. The summed E-state index contributed by atoms with van der Waals surface area (Å²) in [6, 6.07) is 5.44. The Bertz CT molecular complexity index is 720. The molecule has 7 heteroatoms. The maximum absolute atomic E-state index is 11.9. The van der Waals surface area contributed by atoms with Gasteiger partial charge in [-0.05, 0) is 24.6 Å². The monoisotopic (exact) mass is 266 g/mol. The minimum Gasteiger partial charge on any atom is -0.382 e. The summed E-state index contributed by atoms with van der Waals surface area (Å²) >= 11 is 0. The SMILES string of the molecule is Cn1nc(N)c2cc(N3CCCS3(=O)=O)ccc21. The molecular formula is C11H14N4O2S. The number of nitrogens with zero attached hydrogens (tertiary/aromatic N) is 3. The molecule has 1 aliphatic rings. The van der Waals surface area contributed by atoms with Crippen LogP contribution in [0.2, 0.25) is 0 Å². The van der Waals surface area contributed by atoms with Crippen LogP contribution in [0.1, 0.15) is 6.42 Å². The average molecular weight is 266 g/mol. The Morgan fingerprint density at radius 1 is 1.39 bits per heavy atom. The van der Waals surface area contributed by atoms with Gasteiger partial charge in [0.1, 0.15) is 0 Å². The van der Waals surface area contributed by atoms with E-state index < -0.39 is 10.0 Å². The molecule has 18 heavy (non-hydrogen) atoms. The Labute approximate surface area is 105 Å². The highest BCUT2D eigenvalue weighted by Crippen LogP contribution is 2.29. The molecule has 2 aromatic rings. The van der Waals surface area contributed by atoms with Crippen molar-refractivity contribution in [3.05, 3.63) is 18.2 Å². The van der Waals surface area contributed by atoms with E-state index in [9.17, 15) is 8.42 Å². The van der Waals surface area contributed by atoms with E-state index in [4.69, 9.17) is 5.73 Å². The minimum absolute atomic E-state index is 0.216. The molecule has 1 fully saturated rings. The van der Waals surface area contributed by atoms with Gasteiger partial charge in [-0.15, -0.1) is 0 Å². The van der Waals surface area contributed by atoms with E-state index in [1.54, 1.807) is 16.8 Å². The van der Waals surface area contributed by atoms with Gasteiger partial charge in [0.2, 0.25) is 10.0 Å². The third-order valence-corrected chi connectivity index (χ3v) is 5.12. The number of benzene rings is 1. The number of hydrogen-bond donors (Lipinski definition) is 1. The van der Waals surface area contributed by atoms with Gasteiger partial charge in [0, 0.05) is 19.0 Å². The van der Waals surface area contributed by atoms with Gasteiger partial charge in [0.25, 0.3) is 0 Å². The molecule has 0 amide bonds. The van der Waals surface area contributed by atoms with Crippen LogP contribution in [-0.4, -0.2) is 30.5 Å². The van der Waals surface area contributed by atoms with Crippen molar-refractivity contribution in [1.82, 2.24) is 9.78 Å². The first-order valence-corrected chi connectivity index (χ1v) is 7.32. The fraction of sp³-hybridized carbons (Fsp3) is 0.364. The number of sulfonamides is 1. The molecule has 0 aliphatic carbocycles. The van der Waals surface area contributed by atoms with Crippen LogP contribution in [-0.2, 0) is 17.1 Å². The predicted molar refractivity (Wildman–Crippen MR) is 70.9 cm³/mol. The van der Waals surface area contributed by atoms with E-state index in [0.29, 0.717) is 24.5 Å². The summed E-state index contributed by atoms with van der Waals surface area (Å²) in [5, 5.41) is 4.91. The number of nitrogens with two attached hydrogens (primary N) is 1. The normalized spacial score (nSPS) is 18.6. The molecule has 0 atom stereocenters. The summed E-state index contributed by atoms with van der Waals surface area (Å²) in [5.41, 5.74) is 7.37. The second-order valence-electron chi connectivity index (χ2n) is 4.45. The van der Waals surface area contributed by atoms with Gasteiger partial charge in [-0.25, -0.2) is 8.42 Å². The van der Waals surface area contributed by atoms with Crippen LogP contribution in [0.5, 0.6) is 0 Å². The largest absolute Gasteiger partial charge is 0.382 e. The van der Waals surface area contributed by atoms with Gasteiger partial charge in [-0.2, -0.15) is 5.10 Å². The molecule has 0 unspecified atom stereocenters. The minimum atomic E-state index is -3.15. The quantitative estimate of drug-likeness (QED) is 0.823. The number of anilines is 2. The van der Waals surface area contributed by atoms with Crippen LogP contribution in [0.3, 0.4) is 0 Å². The molecule has 2 heterocycles. The van der Waals surface area contributed by atoms with E-state index in [1.807, 2.05) is 13.1 Å². The third-order valence-electron chi connectivity index (χ3n) is 3.25. The highest BCUT2D eigenvalue weighted by molar-refractivity contribution is 7.93. The van der Waals surface area contributed by atoms with Gasteiger partial charge in [0.05, 0.1) is 17.0 Å². The molecule has 3 rings (SSSR count). The smallest absolute Gasteiger partial charge is 0.235 e. The number of fused-ring (bicyclic) bond motifs is 1. The summed E-state index contributed by atoms with van der Waals surface area (Å²) in [4.78, 5) is 0. The van der Waals surface area contributed by atoms with E-state index in [-0.39, 0.29) is 5.75 Å². The maximum atomic E-state index is 11.9. The first-order chi connectivity index (χ1) is 8.49. The molecule has 0 bridgehead atoms. The lowest BCUT2D eigenvalue weighted by Crippen LogP contribution is -2.24. The molecule has 2 N–H and O–H groups in total. The van der Waals surface area contributed by atoms with Crippen molar-refractivity contribution in [3.8, 4) is 0 Å². The van der Waals surface area contributed by atoms with Crippen LogP contribution in [0.15, 0.2) is 18.2 Å². The summed E-state index contributed by atoms with van der Waals surface area (Å²) < 4.78 is 26.9. The number of aromatic nitrogens is 2. The van der Waals surface area contributed by atoms with Crippen LogP contribution in [0, 0.1) is 0 Å². The molecule has 0 spiro atoms. The van der Waals surface area contributed by atoms with Crippen LogP contribution in [0.4, 0.5) is 11.5 Å². The Morgan fingerprint density at radius 2 is 2.17 bits per heavy atom. The van der Waals surface area contributed by atoms with Crippen molar-refractivity contribution in [2.24, 2.45) is 7.05 Å². The molecule has 1 saturated heterocycles. The van der Waals surface area contributed by atoms with E-state index in [1.165, 1.54) is 4.31 Å². The van der Waals surface area contributed by atoms with E-state index in [2.05, 4.69) is 5.10 Å². The third kappa shape index (κ3) is 1.54. The lowest BCUT2D eigenvalue weighted by molar-refractivity contribution is 0.599. The zero-order chi connectivity index (χ0) is 12.9. The van der Waals surface area contributed by atoms with Gasteiger partial charge in [-0.3, -0.25) is 8.99 Å². The molecule has 6 nitrogen and oxygen atoms in total. The lowest BCUT2D eigenvalue weighted by atomic mass is 10.2. The van der Waals surface area contributed by atoms with Crippen LogP contribution < -0.4 is 10.0 Å². The summed E-state index contributed by atoms with van der Waals surface area (Å²) in [5.74, 6) is 0.638. The summed E-state index contributed by atoms with van der Waals surface area (Å²) in [7, 11) is -1.34. The molecule has 1 aliphatic heterocycles. The number of hydrogen-bond acceptors (Lipinski definition) is 4. The Kier molecular flexibility index (Phi) is 2.28. The molecule has 96 valence electrons. The zero-order valence-corrected chi connectivity index (χ0v) is 10.8. The summed E-state index contributed by atoms with van der Waals surface area (Å²) in [6.45, 7) is 0.536. The van der Waals surface area contributed by atoms with Gasteiger partial charge in [-0.1, -0.05) is 0 Å². The van der Waals surface area contributed by atoms with Crippen molar-refractivity contribution in [2.75, 3.05) is 22.3 Å². The fourth-order valence-corrected chi connectivity index (χ4v) is 3.92. The van der Waals surface area contributed by atoms with Crippen molar-refractivity contribution < 1.29 is 8.42 Å². The van der Waals surface area contributed by atoms with E-state index >= 15 is 0 Å². The second kappa shape index (κ2) is 3.61. The van der Waals surface area contributed by atoms with Gasteiger partial charge < -0.3 is 5.73 Å². The Hall–Kier alpha value is -1.76. The first-order valence-electron chi connectivity index (χ1n) is 5.72. The Morgan fingerprint density at radius 3 is 2.83 bits per heavy atom. The van der Waals surface area contributed by atoms with Gasteiger partial charge in [0.15, 0.2) is 5.82 Å². The zero-order valence-electron chi connectivity index (χ0n) is 10.00. The van der Waals surface area contributed by atoms with Crippen molar-refractivity contribution in [2.45, 2.75) is 6.42 Å². The molecule has 0 radical (unpaired) electrons. The van der Waals surface area contributed by atoms with Crippen LogP contribution in [0.25, 0.3) is 10.9 Å². The van der Waals surface area contributed by atoms with E-state index in [0.717, 1.165) is 10.9 Å². The first kappa shape index (κ1) is 11.3. The average Bonchev–Trinajstić information content (AvgIpc) is 2.80. The Balaban J connectivity index is 2.17.